The third-order valence-electron chi connectivity index (χ3n) is 1.56. The van der Waals surface area contributed by atoms with Gasteiger partial charge in [0.1, 0.15) is 5.82 Å². The number of rotatable bonds is 1. The molecular weight excluding hydrogens is 158 g/mol. The van der Waals surface area contributed by atoms with Crippen molar-refractivity contribution in [1.29, 1.82) is 0 Å². The second-order valence-electron chi connectivity index (χ2n) is 2.42. The smallest absolute Gasteiger partial charge is 0.265 e. The summed E-state index contributed by atoms with van der Waals surface area (Å²) in [7, 11) is 0. The minimum Gasteiger partial charge on any atom is -0.265 e. The number of aromatic nitrogens is 4. The van der Waals surface area contributed by atoms with E-state index in [9.17, 15) is 4.79 Å². The van der Waals surface area contributed by atoms with E-state index in [0.717, 1.165) is 0 Å². The van der Waals surface area contributed by atoms with Gasteiger partial charge in [-0.1, -0.05) is 0 Å². The lowest BCUT2D eigenvalue weighted by Crippen LogP contribution is -2.01. The number of nitrogens with one attached hydrogen (secondary N) is 2. The molecule has 0 aliphatic rings. The number of hydrogen-bond acceptors (Lipinski definition) is 3. The molecule has 0 aromatic carbocycles. The highest BCUT2D eigenvalue weighted by Gasteiger charge is 2.09. The van der Waals surface area contributed by atoms with Gasteiger partial charge >= 0.3 is 0 Å². The summed E-state index contributed by atoms with van der Waals surface area (Å²) in [5.74, 6) is 0.714. The average molecular weight is 165 g/mol. The molecule has 6 heteroatoms. The minimum absolute atomic E-state index is 0.249. The van der Waals surface area contributed by atoms with E-state index in [2.05, 4.69) is 26.9 Å². The van der Waals surface area contributed by atoms with Crippen LogP contribution in [0.15, 0.2) is 9.79 Å². The Labute approximate surface area is 66.9 Å². The van der Waals surface area contributed by atoms with Crippen molar-refractivity contribution in [2.24, 2.45) is 4.99 Å². The maximum Gasteiger partial charge on any atom is 0.293 e. The molecule has 0 unspecified atom stereocenters. The van der Waals surface area contributed by atoms with Crippen LogP contribution in [0.25, 0.3) is 5.65 Å². The van der Waals surface area contributed by atoms with Crippen LogP contribution in [-0.4, -0.2) is 26.5 Å². The lowest BCUT2D eigenvalue weighted by Gasteiger charge is -1.77. The second kappa shape index (κ2) is 2.07. The van der Waals surface area contributed by atoms with Crippen molar-refractivity contribution in [3.8, 4) is 0 Å². The molecule has 0 bridgehead atoms. The first-order valence-electron chi connectivity index (χ1n) is 3.36. The van der Waals surface area contributed by atoms with Gasteiger partial charge in [0.15, 0.2) is 5.69 Å². The fourth-order valence-corrected chi connectivity index (χ4v) is 1.09. The molecule has 6 nitrogen and oxygen atoms in total. The largest absolute Gasteiger partial charge is 0.293 e. The Kier molecular flexibility index (Phi) is 1.18. The van der Waals surface area contributed by atoms with E-state index in [4.69, 9.17) is 0 Å². The average Bonchev–Trinajstić information content (AvgIpc) is 2.43. The summed E-state index contributed by atoms with van der Waals surface area (Å²) in [5, 5.41) is 5.32. The van der Waals surface area contributed by atoms with Crippen LogP contribution in [0.3, 0.4) is 0 Å². The number of nitrogens with zero attached hydrogens (tertiary/aromatic N) is 3. The zero-order valence-electron chi connectivity index (χ0n) is 6.46. The van der Waals surface area contributed by atoms with E-state index >= 15 is 0 Å². The van der Waals surface area contributed by atoms with Crippen molar-refractivity contribution in [1.82, 2.24) is 19.8 Å². The van der Waals surface area contributed by atoms with Crippen LogP contribution in [0.1, 0.15) is 5.82 Å². The van der Waals surface area contributed by atoms with Crippen molar-refractivity contribution in [2.45, 2.75) is 6.92 Å². The first kappa shape index (κ1) is 6.84. The summed E-state index contributed by atoms with van der Waals surface area (Å²) in [5.41, 5.74) is 0.440. The van der Waals surface area contributed by atoms with Crippen LogP contribution in [0.5, 0.6) is 0 Å². The van der Waals surface area contributed by atoms with Crippen LogP contribution < -0.4 is 5.56 Å². The molecule has 0 spiro atoms. The molecule has 2 aromatic rings. The zero-order chi connectivity index (χ0) is 8.72. The molecule has 0 aliphatic heterocycles. The van der Waals surface area contributed by atoms with Crippen molar-refractivity contribution in [3.63, 3.8) is 0 Å². The number of hydrogen-bond donors (Lipinski definition) is 2. The summed E-state index contributed by atoms with van der Waals surface area (Å²) in [6.45, 7) is 5.08. The molecule has 2 aromatic heterocycles. The van der Waals surface area contributed by atoms with Gasteiger partial charge in [0.25, 0.3) is 5.56 Å². The SMILES string of the molecule is C=Nc1c(=O)[nH]n2[nH]c(C)nc12. The Morgan fingerprint density at radius 1 is 1.58 bits per heavy atom. The van der Waals surface area contributed by atoms with E-state index in [1.54, 1.807) is 6.92 Å². The van der Waals surface area contributed by atoms with Gasteiger partial charge in [-0.05, 0) is 13.6 Å². The summed E-state index contributed by atoms with van der Waals surface area (Å²) in [4.78, 5) is 18.7. The number of fused-ring (bicyclic) bond motifs is 1. The van der Waals surface area contributed by atoms with Crippen LogP contribution in [0, 0.1) is 6.92 Å². The summed E-state index contributed by atoms with van der Waals surface area (Å²) >= 11 is 0. The van der Waals surface area contributed by atoms with E-state index in [1.165, 1.54) is 4.63 Å². The predicted molar refractivity (Wildman–Crippen MR) is 44.1 cm³/mol. The molecule has 2 heterocycles. The molecule has 12 heavy (non-hydrogen) atoms. The van der Waals surface area contributed by atoms with Gasteiger partial charge in [0.05, 0.1) is 0 Å². The quantitative estimate of drug-likeness (QED) is 0.583. The number of aromatic amines is 2. The van der Waals surface area contributed by atoms with Crippen molar-refractivity contribution >= 4 is 18.1 Å². The molecule has 0 amide bonds. The highest BCUT2D eigenvalue weighted by molar-refractivity contribution is 5.64. The maximum atomic E-state index is 11.1. The van der Waals surface area contributed by atoms with Crippen LogP contribution in [0.2, 0.25) is 0 Å². The van der Waals surface area contributed by atoms with Crippen molar-refractivity contribution in [3.05, 3.63) is 16.2 Å². The summed E-state index contributed by atoms with van der Waals surface area (Å²) in [6, 6.07) is 0. The van der Waals surface area contributed by atoms with Crippen molar-refractivity contribution in [2.75, 3.05) is 0 Å². The van der Waals surface area contributed by atoms with E-state index < -0.39 is 0 Å². The lowest BCUT2D eigenvalue weighted by atomic mass is 10.5. The van der Waals surface area contributed by atoms with Crippen LogP contribution in [0.4, 0.5) is 5.69 Å². The van der Waals surface area contributed by atoms with E-state index in [-0.39, 0.29) is 11.2 Å². The molecular formula is C6H7N5O. The molecule has 2 rings (SSSR count). The Bertz CT molecular complexity index is 487. The Morgan fingerprint density at radius 3 is 3.00 bits per heavy atom. The monoisotopic (exact) mass is 165 g/mol. The summed E-state index contributed by atoms with van der Waals surface area (Å²) < 4.78 is 1.42. The van der Waals surface area contributed by atoms with Gasteiger partial charge < -0.3 is 0 Å². The molecule has 62 valence electrons. The third-order valence-corrected chi connectivity index (χ3v) is 1.56. The second-order valence-corrected chi connectivity index (χ2v) is 2.42. The van der Waals surface area contributed by atoms with Gasteiger partial charge in [0.2, 0.25) is 5.65 Å². The molecule has 0 aliphatic carbocycles. The normalized spacial score (nSPS) is 10.8. The van der Waals surface area contributed by atoms with Crippen LogP contribution >= 0.6 is 0 Å². The van der Waals surface area contributed by atoms with Gasteiger partial charge in [-0.2, -0.15) is 4.63 Å². The number of aryl methyl sites for hydroxylation is 1. The van der Waals surface area contributed by atoms with E-state index in [1.807, 2.05) is 0 Å². The van der Waals surface area contributed by atoms with Crippen LogP contribution in [-0.2, 0) is 0 Å². The predicted octanol–water partition coefficient (Wildman–Crippen LogP) is -0.00878. The number of H-pyrrole nitrogens is 2. The number of aliphatic imine (C=N–C) groups is 1. The minimum atomic E-state index is -0.288. The highest BCUT2D eigenvalue weighted by Crippen LogP contribution is 2.10. The molecule has 0 radical (unpaired) electrons. The molecule has 0 saturated carbocycles. The lowest BCUT2D eigenvalue weighted by molar-refractivity contribution is 0.794. The maximum absolute atomic E-state index is 11.1. The van der Waals surface area contributed by atoms with Gasteiger partial charge in [0, 0.05) is 0 Å². The fraction of sp³-hybridized carbons (Fsp3) is 0.167. The molecule has 0 fully saturated rings. The molecule has 2 N–H and O–H groups in total. The Morgan fingerprint density at radius 2 is 2.33 bits per heavy atom. The van der Waals surface area contributed by atoms with Gasteiger partial charge in [-0.15, -0.1) is 0 Å². The van der Waals surface area contributed by atoms with Gasteiger partial charge in [-0.25, -0.2) is 10.1 Å². The van der Waals surface area contributed by atoms with Gasteiger partial charge in [-0.3, -0.25) is 14.9 Å². The zero-order valence-corrected chi connectivity index (χ0v) is 6.46. The third kappa shape index (κ3) is 0.714. The fourth-order valence-electron chi connectivity index (χ4n) is 1.09. The van der Waals surface area contributed by atoms with E-state index in [0.29, 0.717) is 11.5 Å². The summed E-state index contributed by atoms with van der Waals surface area (Å²) in [6.07, 6.45) is 0. The van der Waals surface area contributed by atoms with Crippen molar-refractivity contribution < 1.29 is 0 Å². The standard InChI is InChI=1S/C6H7N5O/c1-3-8-5-4(7-2)6(12)10-11(5)9-3/h2H2,1H3,(H,8,9)(H,10,12). The topological polar surface area (TPSA) is 78.3 Å². The molecule has 0 saturated heterocycles. The Hall–Kier alpha value is -1.85. The highest BCUT2D eigenvalue weighted by atomic mass is 16.1. The Balaban J connectivity index is 2.96. The first-order chi connectivity index (χ1) is 5.72. The molecule has 0 atom stereocenters. The first-order valence-corrected chi connectivity index (χ1v) is 3.36.